The van der Waals surface area contributed by atoms with Crippen molar-refractivity contribution in [3.05, 3.63) is 60.0 Å². The van der Waals surface area contributed by atoms with Crippen molar-refractivity contribution in [3.63, 3.8) is 0 Å². The molecule has 4 aromatic rings. The summed E-state index contributed by atoms with van der Waals surface area (Å²) < 4.78 is 23.5. The third-order valence-electron chi connectivity index (χ3n) is 6.52. The number of anilines is 2. The average molecular weight is 518 g/mol. The van der Waals surface area contributed by atoms with E-state index in [0.717, 1.165) is 37.0 Å². The fraction of sp³-hybridized carbons (Fsp3) is 0.321. The molecule has 2 aromatic carbocycles. The van der Waals surface area contributed by atoms with E-state index in [-0.39, 0.29) is 12.0 Å². The molecule has 0 aliphatic carbocycles. The van der Waals surface area contributed by atoms with Gasteiger partial charge in [-0.05, 0) is 51.1 Å². The molecule has 1 amide bonds. The molecule has 0 atom stereocenters. The zero-order chi connectivity index (χ0) is 26.6. The summed E-state index contributed by atoms with van der Waals surface area (Å²) in [6.45, 7) is 3.78. The van der Waals surface area contributed by atoms with Crippen molar-refractivity contribution in [3.8, 4) is 23.1 Å². The second-order valence-electron chi connectivity index (χ2n) is 9.20. The van der Waals surface area contributed by atoms with Gasteiger partial charge in [-0.15, -0.1) is 0 Å². The fourth-order valence-electron chi connectivity index (χ4n) is 4.51. The molecule has 1 aliphatic heterocycles. The second-order valence-corrected chi connectivity index (χ2v) is 9.20. The summed E-state index contributed by atoms with van der Waals surface area (Å²) in [6.07, 6.45) is 3.70. The van der Waals surface area contributed by atoms with E-state index in [1.54, 1.807) is 51.5 Å². The number of furan rings is 1. The number of piperidine rings is 1. The standard InChI is InChI=1S/C28H31N5O5/c1-17-26(27(34)29-2)21-7-6-20(16-23(21)36-17)38-25-9-12-30-28(32-25)31-18-5-8-22(35-4)24(15-18)37-19-10-13-33(3)14-11-19/h5-9,12,15-16,19H,10-11,13-14H2,1-4H3,(H,29,34)(H,30,31,32). The summed E-state index contributed by atoms with van der Waals surface area (Å²) >= 11 is 0. The Kier molecular flexibility index (Phi) is 7.32. The zero-order valence-corrected chi connectivity index (χ0v) is 21.9. The molecule has 198 valence electrons. The molecule has 0 saturated carbocycles. The van der Waals surface area contributed by atoms with E-state index in [2.05, 4.69) is 32.5 Å². The molecule has 0 spiro atoms. The Bertz CT molecular complexity index is 1450. The molecule has 0 unspecified atom stereocenters. The van der Waals surface area contributed by atoms with Crippen LogP contribution in [0.1, 0.15) is 29.0 Å². The minimum atomic E-state index is -0.195. The number of amides is 1. The molecule has 1 fully saturated rings. The maximum atomic E-state index is 12.2. The zero-order valence-electron chi connectivity index (χ0n) is 21.9. The Morgan fingerprint density at radius 1 is 1.11 bits per heavy atom. The summed E-state index contributed by atoms with van der Waals surface area (Å²) in [4.78, 5) is 23.3. The van der Waals surface area contributed by atoms with Gasteiger partial charge in [-0.3, -0.25) is 4.79 Å². The van der Waals surface area contributed by atoms with Crippen LogP contribution in [0.2, 0.25) is 0 Å². The molecule has 38 heavy (non-hydrogen) atoms. The minimum Gasteiger partial charge on any atom is -0.493 e. The lowest BCUT2D eigenvalue weighted by Crippen LogP contribution is -2.35. The number of methoxy groups -OCH3 is 1. The smallest absolute Gasteiger partial charge is 0.255 e. The fourth-order valence-corrected chi connectivity index (χ4v) is 4.51. The summed E-state index contributed by atoms with van der Waals surface area (Å²) in [6, 6.07) is 12.6. The SMILES string of the molecule is CNC(=O)c1c(C)oc2cc(Oc3ccnc(Nc4ccc(OC)c(OC5CCN(C)CC5)c4)n3)ccc12. The van der Waals surface area contributed by atoms with Crippen LogP contribution in [0, 0.1) is 6.92 Å². The van der Waals surface area contributed by atoms with Crippen LogP contribution in [-0.2, 0) is 0 Å². The van der Waals surface area contributed by atoms with Gasteiger partial charge in [0.1, 0.15) is 23.2 Å². The number of aromatic nitrogens is 2. The first-order valence-electron chi connectivity index (χ1n) is 12.5. The van der Waals surface area contributed by atoms with Gasteiger partial charge in [-0.1, -0.05) is 0 Å². The number of fused-ring (bicyclic) bond motifs is 1. The molecule has 1 aliphatic rings. The van der Waals surface area contributed by atoms with E-state index < -0.39 is 0 Å². The lowest BCUT2D eigenvalue weighted by Gasteiger charge is -2.29. The van der Waals surface area contributed by atoms with Crippen molar-refractivity contribution in [2.45, 2.75) is 25.9 Å². The highest BCUT2D eigenvalue weighted by Gasteiger charge is 2.20. The average Bonchev–Trinajstić information content (AvgIpc) is 3.25. The highest BCUT2D eigenvalue weighted by atomic mass is 16.5. The van der Waals surface area contributed by atoms with E-state index in [1.165, 1.54) is 0 Å². The molecule has 1 saturated heterocycles. The summed E-state index contributed by atoms with van der Waals surface area (Å²) in [5.41, 5.74) is 1.84. The van der Waals surface area contributed by atoms with Crippen molar-refractivity contribution in [1.29, 1.82) is 0 Å². The van der Waals surface area contributed by atoms with Gasteiger partial charge < -0.3 is 34.2 Å². The molecule has 10 nitrogen and oxygen atoms in total. The monoisotopic (exact) mass is 517 g/mol. The normalized spacial score (nSPS) is 14.3. The molecule has 5 rings (SSSR count). The molecule has 2 aromatic heterocycles. The molecular weight excluding hydrogens is 486 g/mol. The van der Waals surface area contributed by atoms with Gasteiger partial charge in [-0.2, -0.15) is 4.98 Å². The van der Waals surface area contributed by atoms with E-state index in [9.17, 15) is 4.79 Å². The lowest BCUT2D eigenvalue weighted by atomic mass is 10.1. The number of hydrogen-bond acceptors (Lipinski definition) is 9. The highest BCUT2D eigenvalue weighted by Crippen LogP contribution is 2.34. The highest BCUT2D eigenvalue weighted by molar-refractivity contribution is 6.07. The number of carbonyl (C=O) groups excluding carboxylic acids is 1. The Hall–Kier alpha value is -4.31. The van der Waals surface area contributed by atoms with Crippen molar-refractivity contribution < 1.29 is 23.4 Å². The number of nitrogens with zero attached hydrogens (tertiary/aromatic N) is 3. The predicted octanol–water partition coefficient (Wildman–Crippen LogP) is 4.91. The van der Waals surface area contributed by atoms with Crippen LogP contribution in [0.25, 0.3) is 11.0 Å². The Morgan fingerprint density at radius 3 is 2.68 bits per heavy atom. The molecule has 10 heteroatoms. The van der Waals surface area contributed by atoms with Gasteiger partial charge in [0.2, 0.25) is 11.8 Å². The van der Waals surface area contributed by atoms with E-state index in [1.807, 2.05) is 18.2 Å². The van der Waals surface area contributed by atoms with Crippen LogP contribution in [-0.4, -0.2) is 61.2 Å². The van der Waals surface area contributed by atoms with Crippen LogP contribution < -0.4 is 24.8 Å². The molecule has 3 heterocycles. The number of rotatable bonds is 8. The maximum Gasteiger partial charge on any atom is 0.255 e. The number of hydrogen-bond donors (Lipinski definition) is 2. The first-order chi connectivity index (χ1) is 18.4. The van der Waals surface area contributed by atoms with Crippen LogP contribution in [0.15, 0.2) is 53.1 Å². The summed E-state index contributed by atoms with van der Waals surface area (Å²) in [7, 11) is 5.35. The quantitative estimate of drug-likeness (QED) is 0.337. The molecule has 0 bridgehead atoms. The van der Waals surface area contributed by atoms with E-state index in [0.29, 0.717) is 46.0 Å². The third kappa shape index (κ3) is 5.50. The van der Waals surface area contributed by atoms with Crippen molar-refractivity contribution >= 4 is 28.5 Å². The van der Waals surface area contributed by atoms with Crippen molar-refractivity contribution in [1.82, 2.24) is 20.2 Å². The third-order valence-corrected chi connectivity index (χ3v) is 6.52. The topological polar surface area (TPSA) is 111 Å². The van der Waals surface area contributed by atoms with Gasteiger partial charge in [0.25, 0.3) is 5.91 Å². The Balaban J connectivity index is 1.31. The Morgan fingerprint density at radius 2 is 1.92 bits per heavy atom. The van der Waals surface area contributed by atoms with Crippen molar-refractivity contribution in [2.75, 3.05) is 39.6 Å². The van der Waals surface area contributed by atoms with Crippen molar-refractivity contribution in [2.24, 2.45) is 0 Å². The molecule has 0 radical (unpaired) electrons. The van der Waals surface area contributed by atoms with E-state index in [4.69, 9.17) is 18.6 Å². The summed E-state index contributed by atoms with van der Waals surface area (Å²) in [5, 5.41) is 6.58. The number of benzene rings is 2. The second kappa shape index (κ2) is 11.0. The predicted molar refractivity (Wildman–Crippen MR) is 144 cm³/mol. The van der Waals surface area contributed by atoms with Gasteiger partial charge in [0.15, 0.2) is 11.5 Å². The number of likely N-dealkylation sites (tertiary alicyclic amines) is 1. The van der Waals surface area contributed by atoms with Gasteiger partial charge >= 0.3 is 0 Å². The number of nitrogens with one attached hydrogen (secondary N) is 2. The Labute approximate surface area is 220 Å². The summed E-state index contributed by atoms with van der Waals surface area (Å²) in [5.74, 6) is 2.96. The van der Waals surface area contributed by atoms with Gasteiger partial charge in [0.05, 0.1) is 12.7 Å². The first kappa shape index (κ1) is 25.3. The van der Waals surface area contributed by atoms with Crippen LogP contribution >= 0.6 is 0 Å². The van der Waals surface area contributed by atoms with Crippen LogP contribution in [0.3, 0.4) is 0 Å². The molecule has 2 N–H and O–H groups in total. The minimum absolute atomic E-state index is 0.144. The number of ether oxygens (including phenoxy) is 3. The lowest BCUT2D eigenvalue weighted by molar-refractivity contribution is 0.0963. The number of carbonyl (C=O) groups is 1. The number of aryl methyl sites for hydroxylation is 1. The largest absolute Gasteiger partial charge is 0.493 e. The van der Waals surface area contributed by atoms with Crippen LogP contribution in [0.4, 0.5) is 11.6 Å². The van der Waals surface area contributed by atoms with Crippen LogP contribution in [0.5, 0.6) is 23.1 Å². The van der Waals surface area contributed by atoms with Gasteiger partial charge in [0, 0.05) is 55.6 Å². The van der Waals surface area contributed by atoms with E-state index >= 15 is 0 Å². The van der Waals surface area contributed by atoms with Gasteiger partial charge in [-0.25, -0.2) is 4.98 Å². The molecular formula is C28H31N5O5. The maximum absolute atomic E-state index is 12.2. The first-order valence-corrected chi connectivity index (χ1v) is 12.5.